The summed E-state index contributed by atoms with van der Waals surface area (Å²) in [5.74, 6) is 0.717. The molecule has 3 aromatic rings. The summed E-state index contributed by atoms with van der Waals surface area (Å²) in [5.41, 5.74) is 2.57. The highest BCUT2D eigenvalue weighted by molar-refractivity contribution is 5.95. The molecule has 1 fully saturated rings. The highest BCUT2D eigenvalue weighted by atomic mass is 16.2. The largest absolute Gasteiger partial charge is 0.343 e. The number of aromatic nitrogens is 3. The van der Waals surface area contributed by atoms with E-state index >= 15 is 0 Å². The molecule has 3 heterocycles. The molecule has 1 aliphatic rings. The number of rotatable bonds is 4. The van der Waals surface area contributed by atoms with E-state index in [4.69, 9.17) is 0 Å². The summed E-state index contributed by atoms with van der Waals surface area (Å²) in [6.07, 6.45) is 2.68. The number of para-hydroxylation sites is 1. The van der Waals surface area contributed by atoms with Crippen LogP contribution in [0.3, 0.4) is 0 Å². The number of carbonyl (C=O) groups is 2. The molecule has 7 heteroatoms. The maximum Gasteiger partial charge on any atom is 0.272 e. The van der Waals surface area contributed by atoms with Crippen LogP contribution >= 0.6 is 0 Å². The molecule has 1 atom stereocenters. The second-order valence-electron chi connectivity index (χ2n) is 8.34. The quantitative estimate of drug-likeness (QED) is 0.652. The van der Waals surface area contributed by atoms with E-state index in [1.165, 1.54) is 4.90 Å². The van der Waals surface area contributed by atoms with Gasteiger partial charge in [-0.1, -0.05) is 24.3 Å². The zero-order valence-corrected chi connectivity index (χ0v) is 18.2. The standard InChI is InChI=1S/C24H27N5O2/c1-16-25-19(14-22(26-16)23(30)28(2)3)13-17-7-6-12-29(15-17)24(31)21-11-10-18-8-4-5-9-20(18)27-21/h4-5,8-11,14,17H,6-7,12-13,15H2,1-3H3/t17-/m0/s1. The summed E-state index contributed by atoms with van der Waals surface area (Å²) in [7, 11) is 3.43. The van der Waals surface area contributed by atoms with Gasteiger partial charge in [-0.15, -0.1) is 0 Å². The Labute approximate surface area is 182 Å². The van der Waals surface area contributed by atoms with Gasteiger partial charge in [-0.3, -0.25) is 9.59 Å². The third-order valence-corrected chi connectivity index (χ3v) is 5.64. The summed E-state index contributed by atoms with van der Waals surface area (Å²) < 4.78 is 0. The average molecular weight is 418 g/mol. The molecule has 0 saturated carbocycles. The maximum absolute atomic E-state index is 13.1. The van der Waals surface area contributed by atoms with Gasteiger partial charge in [0.2, 0.25) is 0 Å². The van der Waals surface area contributed by atoms with Crippen LogP contribution in [-0.4, -0.2) is 63.8 Å². The first-order chi connectivity index (χ1) is 14.9. The van der Waals surface area contributed by atoms with E-state index < -0.39 is 0 Å². The first kappa shape index (κ1) is 20.9. The van der Waals surface area contributed by atoms with Gasteiger partial charge in [0.25, 0.3) is 11.8 Å². The molecule has 1 aliphatic heterocycles. The van der Waals surface area contributed by atoms with Crippen molar-refractivity contribution in [1.29, 1.82) is 0 Å². The number of likely N-dealkylation sites (tertiary alicyclic amines) is 1. The number of pyridine rings is 1. The fourth-order valence-corrected chi connectivity index (χ4v) is 4.13. The number of carbonyl (C=O) groups excluding carboxylic acids is 2. The molecule has 0 radical (unpaired) electrons. The lowest BCUT2D eigenvalue weighted by molar-refractivity contribution is 0.0667. The molecule has 0 spiro atoms. The number of amides is 2. The number of piperidine rings is 1. The lowest BCUT2D eigenvalue weighted by Crippen LogP contribution is -2.41. The molecule has 7 nitrogen and oxygen atoms in total. The highest BCUT2D eigenvalue weighted by Gasteiger charge is 2.26. The van der Waals surface area contributed by atoms with Gasteiger partial charge in [0.1, 0.15) is 17.2 Å². The maximum atomic E-state index is 13.1. The topological polar surface area (TPSA) is 79.3 Å². The Morgan fingerprint density at radius 3 is 2.68 bits per heavy atom. The lowest BCUT2D eigenvalue weighted by atomic mass is 9.92. The summed E-state index contributed by atoms with van der Waals surface area (Å²) in [6.45, 7) is 3.20. The Morgan fingerprint density at radius 1 is 1.06 bits per heavy atom. The summed E-state index contributed by atoms with van der Waals surface area (Å²) in [5, 5.41) is 1.03. The second kappa shape index (κ2) is 8.79. The van der Waals surface area contributed by atoms with Crippen molar-refractivity contribution >= 4 is 22.7 Å². The van der Waals surface area contributed by atoms with E-state index in [-0.39, 0.29) is 17.7 Å². The van der Waals surface area contributed by atoms with Crippen LogP contribution in [0.2, 0.25) is 0 Å². The molecular weight excluding hydrogens is 390 g/mol. The minimum atomic E-state index is -0.130. The summed E-state index contributed by atoms with van der Waals surface area (Å²) >= 11 is 0. The van der Waals surface area contributed by atoms with Crippen LogP contribution in [0.1, 0.15) is 45.3 Å². The van der Waals surface area contributed by atoms with Crippen molar-refractivity contribution < 1.29 is 9.59 Å². The van der Waals surface area contributed by atoms with Crippen molar-refractivity contribution in [2.24, 2.45) is 5.92 Å². The number of aryl methyl sites for hydroxylation is 1. The van der Waals surface area contributed by atoms with Crippen molar-refractivity contribution in [1.82, 2.24) is 24.8 Å². The van der Waals surface area contributed by atoms with Crippen molar-refractivity contribution in [3.05, 3.63) is 65.4 Å². The molecule has 31 heavy (non-hydrogen) atoms. The first-order valence-electron chi connectivity index (χ1n) is 10.6. The van der Waals surface area contributed by atoms with E-state index in [0.29, 0.717) is 30.2 Å². The minimum absolute atomic E-state index is 0.0298. The fraction of sp³-hybridized carbons (Fsp3) is 0.375. The van der Waals surface area contributed by atoms with Gasteiger partial charge in [0.15, 0.2) is 0 Å². The van der Waals surface area contributed by atoms with Crippen LogP contribution in [0, 0.1) is 12.8 Å². The molecule has 1 saturated heterocycles. The molecule has 0 aliphatic carbocycles. The molecule has 0 bridgehead atoms. The van der Waals surface area contributed by atoms with Crippen LogP contribution in [0.5, 0.6) is 0 Å². The molecule has 160 valence electrons. The molecule has 2 amide bonds. The zero-order valence-electron chi connectivity index (χ0n) is 18.2. The van der Waals surface area contributed by atoms with Gasteiger partial charge in [-0.2, -0.15) is 0 Å². The molecule has 0 N–H and O–H groups in total. The van der Waals surface area contributed by atoms with Gasteiger partial charge >= 0.3 is 0 Å². The average Bonchev–Trinajstić information content (AvgIpc) is 2.77. The molecular formula is C24H27N5O2. The van der Waals surface area contributed by atoms with Gasteiger partial charge in [-0.25, -0.2) is 15.0 Å². The zero-order chi connectivity index (χ0) is 22.0. The Balaban J connectivity index is 1.48. The Bertz CT molecular complexity index is 1130. The Hall–Kier alpha value is -3.35. The third kappa shape index (κ3) is 4.71. The van der Waals surface area contributed by atoms with Crippen LogP contribution in [0.25, 0.3) is 10.9 Å². The Kier molecular flexibility index (Phi) is 5.93. The fourth-order valence-electron chi connectivity index (χ4n) is 4.13. The summed E-state index contributed by atoms with van der Waals surface area (Å²) in [6, 6.07) is 13.3. The van der Waals surface area contributed by atoms with Crippen LogP contribution in [0.15, 0.2) is 42.5 Å². The highest BCUT2D eigenvalue weighted by Crippen LogP contribution is 2.22. The van der Waals surface area contributed by atoms with Gasteiger partial charge in [0.05, 0.1) is 5.52 Å². The van der Waals surface area contributed by atoms with E-state index in [2.05, 4.69) is 15.0 Å². The van der Waals surface area contributed by atoms with Crippen LogP contribution < -0.4 is 0 Å². The van der Waals surface area contributed by atoms with Gasteiger partial charge in [0, 0.05) is 38.3 Å². The third-order valence-electron chi connectivity index (χ3n) is 5.64. The smallest absolute Gasteiger partial charge is 0.272 e. The van der Waals surface area contributed by atoms with Crippen molar-refractivity contribution in [2.45, 2.75) is 26.2 Å². The van der Waals surface area contributed by atoms with Crippen LogP contribution in [0.4, 0.5) is 0 Å². The molecule has 2 aromatic heterocycles. The van der Waals surface area contributed by atoms with E-state index in [9.17, 15) is 9.59 Å². The summed E-state index contributed by atoms with van der Waals surface area (Å²) in [4.78, 5) is 42.2. The van der Waals surface area contributed by atoms with E-state index in [1.54, 1.807) is 33.2 Å². The molecule has 0 unspecified atom stereocenters. The number of hydrogen-bond donors (Lipinski definition) is 0. The number of nitrogens with zero attached hydrogens (tertiary/aromatic N) is 5. The van der Waals surface area contributed by atoms with E-state index in [1.807, 2.05) is 35.2 Å². The molecule has 4 rings (SSSR count). The lowest BCUT2D eigenvalue weighted by Gasteiger charge is -2.32. The number of fused-ring (bicyclic) bond motifs is 1. The normalized spacial score (nSPS) is 16.4. The monoisotopic (exact) mass is 417 g/mol. The number of hydrogen-bond acceptors (Lipinski definition) is 5. The Morgan fingerprint density at radius 2 is 1.87 bits per heavy atom. The van der Waals surface area contributed by atoms with Gasteiger partial charge in [-0.05, 0) is 50.3 Å². The number of benzene rings is 1. The van der Waals surface area contributed by atoms with Crippen LogP contribution in [-0.2, 0) is 6.42 Å². The minimum Gasteiger partial charge on any atom is -0.343 e. The first-order valence-corrected chi connectivity index (χ1v) is 10.6. The SMILES string of the molecule is Cc1nc(C[C@@H]2CCCN(C(=O)c3ccc4ccccc4n3)C2)cc(C(=O)N(C)C)n1. The predicted octanol–water partition coefficient (Wildman–Crippen LogP) is 3.13. The van der Waals surface area contributed by atoms with Crippen molar-refractivity contribution in [3.63, 3.8) is 0 Å². The predicted molar refractivity (Wildman–Crippen MR) is 119 cm³/mol. The molecule has 1 aromatic carbocycles. The van der Waals surface area contributed by atoms with Crippen molar-refractivity contribution in [3.8, 4) is 0 Å². The van der Waals surface area contributed by atoms with Crippen molar-refractivity contribution in [2.75, 3.05) is 27.2 Å². The second-order valence-corrected chi connectivity index (χ2v) is 8.34. The van der Waals surface area contributed by atoms with Gasteiger partial charge < -0.3 is 9.80 Å². The van der Waals surface area contributed by atoms with E-state index in [0.717, 1.165) is 36.0 Å².